The summed E-state index contributed by atoms with van der Waals surface area (Å²) in [5.41, 5.74) is 5.10. The van der Waals surface area contributed by atoms with Crippen LogP contribution >= 0.6 is 0 Å². The number of hydrogen-bond acceptors (Lipinski definition) is 2. The minimum atomic E-state index is 0.486. The van der Waals surface area contributed by atoms with E-state index in [1.54, 1.807) is 0 Å². The van der Waals surface area contributed by atoms with Gasteiger partial charge in [0.1, 0.15) is 11.5 Å². The first-order chi connectivity index (χ1) is 10.4. The van der Waals surface area contributed by atoms with Crippen LogP contribution in [0.15, 0.2) is 35.6 Å². The summed E-state index contributed by atoms with van der Waals surface area (Å²) in [7, 11) is 2.01. The molecule has 0 bridgehead atoms. The largest absolute Gasteiger partial charge is 0.461 e. The normalized spacial score (nSPS) is 19.5. The van der Waals surface area contributed by atoms with Crippen molar-refractivity contribution in [1.82, 2.24) is 5.32 Å². The summed E-state index contributed by atoms with van der Waals surface area (Å²) in [5, 5.41) is 3.30. The van der Waals surface area contributed by atoms with Crippen molar-refractivity contribution in [2.45, 2.75) is 53.5 Å². The molecule has 0 fully saturated rings. The molecule has 1 aliphatic rings. The van der Waals surface area contributed by atoms with E-state index in [4.69, 9.17) is 4.74 Å². The molecule has 0 saturated heterocycles. The molecule has 1 N–H and O–H groups in total. The maximum absolute atomic E-state index is 6.25. The zero-order valence-corrected chi connectivity index (χ0v) is 14.8. The van der Waals surface area contributed by atoms with Crippen LogP contribution in [0.2, 0.25) is 0 Å². The fourth-order valence-corrected chi connectivity index (χ4v) is 3.16. The van der Waals surface area contributed by atoms with Gasteiger partial charge in [-0.25, -0.2) is 0 Å². The molecule has 0 aliphatic heterocycles. The van der Waals surface area contributed by atoms with E-state index >= 15 is 0 Å². The van der Waals surface area contributed by atoms with Gasteiger partial charge in [0, 0.05) is 12.5 Å². The van der Waals surface area contributed by atoms with Gasteiger partial charge < -0.3 is 10.1 Å². The van der Waals surface area contributed by atoms with Crippen molar-refractivity contribution in [3.8, 4) is 5.75 Å². The molecule has 0 spiro atoms. The van der Waals surface area contributed by atoms with Crippen LogP contribution in [0.4, 0.5) is 0 Å². The highest BCUT2D eigenvalue weighted by atomic mass is 16.5. The number of aryl methyl sites for hydroxylation is 2. The van der Waals surface area contributed by atoms with Gasteiger partial charge in [-0.05, 0) is 69.8 Å². The lowest BCUT2D eigenvalue weighted by Crippen LogP contribution is -2.23. The van der Waals surface area contributed by atoms with E-state index in [-0.39, 0.29) is 0 Å². The van der Waals surface area contributed by atoms with Crippen LogP contribution in [0.1, 0.15) is 43.9 Å². The second-order valence-electron chi connectivity index (χ2n) is 6.76. The predicted molar refractivity (Wildman–Crippen MR) is 94.4 cm³/mol. The molecule has 2 rings (SSSR count). The zero-order valence-electron chi connectivity index (χ0n) is 14.8. The molecule has 22 heavy (non-hydrogen) atoms. The van der Waals surface area contributed by atoms with E-state index in [1.807, 2.05) is 7.05 Å². The Morgan fingerprint density at radius 2 is 1.86 bits per heavy atom. The van der Waals surface area contributed by atoms with Crippen LogP contribution in [-0.4, -0.2) is 13.1 Å². The lowest BCUT2D eigenvalue weighted by Gasteiger charge is -2.21. The summed E-state index contributed by atoms with van der Waals surface area (Å²) in [5.74, 6) is 2.65. The van der Waals surface area contributed by atoms with Crippen LogP contribution in [-0.2, 0) is 6.42 Å². The van der Waals surface area contributed by atoms with E-state index in [9.17, 15) is 0 Å². The predicted octanol–water partition coefficient (Wildman–Crippen LogP) is 4.70. The van der Waals surface area contributed by atoms with Crippen LogP contribution in [0.5, 0.6) is 5.75 Å². The van der Waals surface area contributed by atoms with Crippen molar-refractivity contribution < 1.29 is 4.74 Å². The Hall–Kier alpha value is -1.54. The van der Waals surface area contributed by atoms with E-state index < -0.39 is 0 Å². The van der Waals surface area contributed by atoms with Crippen molar-refractivity contribution in [3.05, 3.63) is 52.3 Å². The van der Waals surface area contributed by atoms with Crippen molar-refractivity contribution in [1.29, 1.82) is 0 Å². The van der Waals surface area contributed by atoms with Crippen LogP contribution in [0.25, 0.3) is 0 Å². The summed E-state index contributed by atoms with van der Waals surface area (Å²) in [6, 6.07) is 5.00. The molecule has 1 aromatic rings. The summed E-state index contributed by atoms with van der Waals surface area (Å²) >= 11 is 0. The molecule has 0 amide bonds. The van der Waals surface area contributed by atoms with E-state index in [2.05, 4.69) is 64.2 Å². The average Bonchev–Trinajstić information content (AvgIpc) is 2.41. The van der Waals surface area contributed by atoms with Gasteiger partial charge in [0.15, 0.2) is 0 Å². The van der Waals surface area contributed by atoms with Crippen LogP contribution in [0, 0.1) is 19.8 Å². The van der Waals surface area contributed by atoms with Crippen molar-refractivity contribution in [2.75, 3.05) is 7.05 Å². The summed E-state index contributed by atoms with van der Waals surface area (Å²) in [6.45, 7) is 10.9. The molecule has 1 aromatic carbocycles. The van der Waals surface area contributed by atoms with E-state index in [1.165, 1.54) is 22.3 Å². The molecule has 2 nitrogen and oxygen atoms in total. The van der Waals surface area contributed by atoms with E-state index in [0.717, 1.165) is 24.4 Å². The van der Waals surface area contributed by atoms with Gasteiger partial charge in [0.05, 0.1) is 0 Å². The summed E-state index contributed by atoms with van der Waals surface area (Å²) < 4.78 is 6.25. The lowest BCUT2D eigenvalue weighted by molar-refractivity contribution is 0.378. The Morgan fingerprint density at radius 3 is 2.41 bits per heavy atom. The number of hydrogen-bond donors (Lipinski definition) is 1. The van der Waals surface area contributed by atoms with Gasteiger partial charge in [-0.1, -0.05) is 30.7 Å². The molecule has 0 aromatic heterocycles. The Morgan fingerprint density at radius 1 is 1.23 bits per heavy atom. The van der Waals surface area contributed by atoms with Gasteiger partial charge in [0.2, 0.25) is 0 Å². The zero-order chi connectivity index (χ0) is 16.3. The maximum Gasteiger partial charge on any atom is 0.132 e. The fourth-order valence-electron chi connectivity index (χ4n) is 3.16. The number of nitrogens with one attached hydrogen (secondary N) is 1. The third kappa shape index (κ3) is 4.23. The summed E-state index contributed by atoms with van der Waals surface area (Å²) in [4.78, 5) is 0. The van der Waals surface area contributed by atoms with Gasteiger partial charge in [-0.3, -0.25) is 0 Å². The fraction of sp³-hybridized carbons (Fsp3) is 0.500. The Kier molecular flexibility index (Phi) is 5.47. The molecule has 2 unspecified atom stereocenters. The second kappa shape index (κ2) is 7.15. The average molecular weight is 299 g/mol. The highest BCUT2D eigenvalue weighted by Gasteiger charge is 2.15. The molecular formula is C20H29NO. The molecule has 120 valence electrons. The molecule has 0 heterocycles. The number of allylic oxidation sites excluding steroid dienone is 4. The molecule has 0 saturated carbocycles. The smallest absolute Gasteiger partial charge is 0.132 e. The van der Waals surface area contributed by atoms with Gasteiger partial charge in [-0.15, -0.1) is 0 Å². The SMILES string of the molecule is CNC(C)Cc1cc(C)c(OC2=CC(C)=CC(C)C2)c(C)c1. The topological polar surface area (TPSA) is 21.3 Å². The van der Waals surface area contributed by atoms with Gasteiger partial charge >= 0.3 is 0 Å². The number of rotatable bonds is 5. The van der Waals surface area contributed by atoms with Crippen LogP contribution < -0.4 is 10.1 Å². The minimum Gasteiger partial charge on any atom is -0.461 e. The molecule has 1 aliphatic carbocycles. The molecular weight excluding hydrogens is 270 g/mol. The van der Waals surface area contributed by atoms with E-state index in [0.29, 0.717) is 12.0 Å². The third-order valence-corrected chi connectivity index (χ3v) is 4.25. The Bertz CT molecular complexity index is 575. The van der Waals surface area contributed by atoms with Gasteiger partial charge in [-0.2, -0.15) is 0 Å². The standard InChI is InChI=1S/C20H29NO/c1-13-7-14(2)9-19(8-13)22-20-15(3)10-18(11-16(20)4)12-17(5)21-6/h7-8,10-11,14,17,21H,9,12H2,1-6H3. The number of likely N-dealkylation sites (N-methyl/N-ethyl adjacent to an activating group) is 1. The molecule has 2 heteroatoms. The van der Waals surface area contributed by atoms with Crippen molar-refractivity contribution in [3.63, 3.8) is 0 Å². The first kappa shape index (κ1) is 16.8. The lowest BCUT2D eigenvalue weighted by atomic mass is 9.97. The molecule has 2 atom stereocenters. The minimum absolute atomic E-state index is 0.486. The molecule has 0 radical (unpaired) electrons. The number of benzene rings is 1. The van der Waals surface area contributed by atoms with Crippen molar-refractivity contribution in [2.24, 2.45) is 5.92 Å². The monoisotopic (exact) mass is 299 g/mol. The van der Waals surface area contributed by atoms with Crippen LogP contribution in [0.3, 0.4) is 0 Å². The third-order valence-electron chi connectivity index (χ3n) is 4.25. The maximum atomic E-state index is 6.25. The second-order valence-corrected chi connectivity index (χ2v) is 6.76. The Labute approximate surface area is 135 Å². The first-order valence-corrected chi connectivity index (χ1v) is 8.23. The van der Waals surface area contributed by atoms with Gasteiger partial charge in [0.25, 0.3) is 0 Å². The van der Waals surface area contributed by atoms with Crippen molar-refractivity contribution >= 4 is 0 Å². The highest BCUT2D eigenvalue weighted by molar-refractivity contribution is 5.45. The Balaban J connectivity index is 2.20. The quantitative estimate of drug-likeness (QED) is 0.850. The number of ether oxygens (including phenoxy) is 1. The first-order valence-electron chi connectivity index (χ1n) is 8.23. The summed E-state index contributed by atoms with van der Waals surface area (Å²) in [6.07, 6.45) is 6.49. The highest BCUT2D eigenvalue weighted by Crippen LogP contribution is 2.31.